The molecule has 1 aliphatic heterocycles. The van der Waals surface area contributed by atoms with Crippen LogP contribution in [0.1, 0.15) is 62.3 Å². The largest absolute Gasteiger partial charge is 0.308 e. The van der Waals surface area contributed by atoms with Crippen LogP contribution in [-0.2, 0) is 0 Å². The molecule has 1 fully saturated rings. The maximum atomic E-state index is 3.88. The summed E-state index contributed by atoms with van der Waals surface area (Å²) in [6.07, 6.45) is 0. The number of hydrogen-bond donors (Lipinski definition) is 1. The van der Waals surface area contributed by atoms with Gasteiger partial charge in [0.05, 0.1) is 0 Å². The zero-order valence-electron chi connectivity index (χ0n) is 13.4. The summed E-state index contributed by atoms with van der Waals surface area (Å²) in [5.41, 5.74) is 0.687. The topological polar surface area (TPSA) is 12.0 Å². The molecular formula is C16H33N. The third-order valence-corrected chi connectivity index (χ3v) is 5.75. The molecule has 102 valence electrons. The Bertz CT molecular complexity index is 261. The van der Waals surface area contributed by atoms with Gasteiger partial charge in [-0.3, -0.25) is 0 Å². The summed E-state index contributed by atoms with van der Waals surface area (Å²) in [6.45, 7) is 21.4. The smallest absolute Gasteiger partial charge is 0.0156 e. The van der Waals surface area contributed by atoms with E-state index in [2.05, 4.69) is 67.6 Å². The van der Waals surface area contributed by atoms with Crippen molar-refractivity contribution in [3.8, 4) is 0 Å². The Labute approximate surface area is 109 Å². The van der Waals surface area contributed by atoms with Crippen molar-refractivity contribution in [3.63, 3.8) is 0 Å². The summed E-state index contributed by atoms with van der Waals surface area (Å²) in [5.74, 6) is 2.99. The zero-order chi connectivity index (χ0) is 13.6. The van der Waals surface area contributed by atoms with Gasteiger partial charge in [0, 0.05) is 11.6 Å². The van der Waals surface area contributed by atoms with Crippen molar-refractivity contribution < 1.29 is 0 Å². The van der Waals surface area contributed by atoms with Crippen LogP contribution in [0.3, 0.4) is 0 Å². The van der Waals surface area contributed by atoms with Crippen LogP contribution in [0.2, 0.25) is 0 Å². The van der Waals surface area contributed by atoms with E-state index in [9.17, 15) is 0 Å². The second-order valence-electron chi connectivity index (χ2n) is 8.05. The first-order chi connectivity index (χ1) is 7.48. The van der Waals surface area contributed by atoms with Gasteiger partial charge < -0.3 is 5.32 Å². The van der Waals surface area contributed by atoms with Crippen LogP contribution in [0.4, 0.5) is 0 Å². The number of rotatable bonds is 2. The Hall–Kier alpha value is -0.0400. The summed E-state index contributed by atoms with van der Waals surface area (Å²) >= 11 is 0. The molecule has 0 aromatic rings. The molecule has 0 bridgehead atoms. The van der Waals surface area contributed by atoms with E-state index in [1.54, 1.807) is 0 Å². The summed E-state index contributed by atoms with van der Waals surface area (Å²) in [7, 11) is 0. The van der Waals surface area contributed by atoms with Gasteiger partial charge in [-0.2, -0.15) is 0 Å². The summed E-state index contributed by atoms with van der Waals surface area (Å²) in [6, 6.07) is 0.661. The fourth-order valence-electron chi connectivity index (χ4n) is 3.37. The quantitative estimate of drug-likeness (QED) is 0.756. The number of hydrogen-bond acceptors (Lipinski definition) is 1. The second kappa shape index (κ2) is 4.57. The summed E-state index contributed by atoms with van der Waals surface area (Å²) in [4.78, 5) is 0. The molecule has 0 aliphatic carbocycles. The summed E-state index contributed by atoms with van der Waals surface area (Å²) in [5, 5.41) is 3.88. The molecule has 0 amide bonds. The zero-order valence-corrected chi connectivity index (χ0v) is 13.4. The molecule has 0 saturated carbocycles. The van der Waals surface area contributed by atoms with Crippen LogP contribution in [0.15, 0.2) is 0 Å². The van der Waals surface area contributed by atoms with Gasteiger partial charge in [-0.25, -0.2) is 0 Å². The SMILES string of the molecule is CC(C1NC(C)(C)C(C)C1C)C(C)C(C)(C)C. The van der Waals surface area contributed by atoms with E-state index < -0.39 is 0 Å². The molecule has 1 aliphatic rings. The fourth-order valence-corrected chi connectivity index (χ4v) is 3.37. The Kier molecular flexibility index (Phi) is 4.04. The maximum absolute atomic E-state index is 3.88. The maximum Gasteiger partial charge on any atom is 0.0156 e. The Morgan fingerprint density at radius 2 is 1.53 bits per heavy atom. The lowest BCUT2D eigenvalue weighted by molar-refractivity contribution is 0.141. The van der Waals surface area contributed by atoms with Crippen molar-refractivity contribution in [2.75, 3.05) is 0 Å². The Balaban J connectivity index is 2.82. The van der Waals surface area contributed by atoms with Crippen molar-refractivity contribution >= 4 is 0 Å². The molecule has 0 spiro atoms. The molecule has 0 aromatic heterocycles. The van der Waals surface area contributed by atoms with E-state index in [1.807, 2.05) is 0 Å². The van der Waals surface area contributed by atoms with Gasteiger partial charge in [0.1, 0.15) is 0 Å². The number of nitrogens with one attached hydrogen (secondary N) is 1. The van der Waals surface area contributed by atoms with Crippen molar-refractivity contribution in [3.05, 3.63) is 0 Å². The van der Waals surface area contributed by atoms with Crippen LogP contribution in [0.5, 0.6) is 0 Å². The van der Waals surface area contributed by atoms with Gasteiger partial charge in [-0.1, -0.05) is 48.5 Å². The van der Waals surface area contributed by atoms with Gasteiger partial charge in [0.2, 0.25) is 0 Å². The van der Waals surface area contributed by atoms with Crippen LogP contribution in [-0.4, -0.2) is 11.6 Å². The molecule has 1 heteroatoms. The molecule has 17 heavy (non-hydrogen) atoms. The normalized spacial score (nSPS) is 36.9. The van der Waals surface area contributed by atoms with Crippen LogP contribution < -0.4 is 5.32 Å². The highest BCUT2D eigenvalue weighted by molar-refractivity contribution is 5.02. The van der Waals surface area contributed by atoms with E-state index >= 15 is 0 Å². The molecule has 1 nitrogen and oxygen atoms in total. The minimum Gasteiger partial charge on any atom is -0.308 e. The first-order valence-electron chi connectivity index (χ1n) is 7.26. The van der Waals surface area contributed by atoms with Gasteiger partial charge in [0.15, 0.2) is 0 Å². The van der Waals surface area contributed by atoms with Crippen LogP contribution in [0.25, 0.3) is 0 Å². The van der Waals surface area contributed by atoms with Crippen molar-refractivity contribution in [2.45, 2.75) is 73.9 Å². The third-order valence-electron chi connectivity index (χ3n) is 5.75. The molecule has 1 N–H and O–H groups in total. The van der Waals surface area contributed by atoms with E-state index in [0.717, 1.165) is 23.7 Å². The van der Waals surface area contributed by atoms with Gasteiger partial charge in [-0.15, -0.1) is 0 Å². The summed E-state index contributed by atoms with van der Waals surface area (Å²) < 4.78 is 0. The minimum atomic E-state index is 0.288. The standard InChI is InChI=1S/C16H33N/c1-10(12(3)15(5,6)7)14-11(2)13(4)16(8,9)17-14/h10-14,17H,1-9H3. The fraction of sp³-hybridized carbons (Fsp3) is 1.00. The van der Waals surface area contributed by atoms with Crippen LogP contribution in [0, 0.1) is 29.1 Å². The van der Waals surface area contributed by atoms with Gasteiger partial charge in [-0.05, 0) is 42.9 Å². The third kappa shape index (κ3) is 2.86. The Morgan fingerprint density at radius 1 is 1.06 bits per heavy atom. The van der Waals surface area contributed by atoms with E-state index in [1.165, 1.54) is 0 Å². The second-order valence-corrected chi connectivity index (χ2v) is 8.05. The lowest BCUT2D eigenvalue weighted by Gasteiger charge is -2.37. The van der Waals surface area contributed by atoms with Crippen molar-refractivity contribution in [2.24, 2.45) is 29.1 Å². The van der Waals surface area contributed by atoms with Gasteiger partial charge in [0.25, 0.3) is 0 Å². The lowest BCUT2D eigenvalue weighted by atomic mass is 9.70. The average molecular weight is 239 g/mol. The van der Waals surface area contributed by atoms with E-state index in [0.29, 0.717) is 11.5 Å². The molecule has 0 radical (unpaired) electrons. The van der Waals surface area contributed by atoms with Gasteiger partial charge >= 0.3 is 0 Å². The Morgan fingerprint density at radius 3 is 1.82 bits per heavy atom. The molecule has 5 atom stereocenters. The highest BCUT2D eigenvalue weighted by Gasteiger charge is 2.46. The van der Waals surface area contributed by atoms with Crippen molar-refractivity contribution in [1.82, 2.24) is 5.32 Å². The predicted octanol–water partition coefficient (Wildman–Crippen LogP) is 4.33. The lowest BCUT2D eigenvalue weighted by Crippen LogP contribution is -2.45. The molecule has 1 heterocycles. The van der Waals surface area contributed by atoms with E-state index in [-0.39, 0.29) is 5.54 Å². The highest BCUT2D eigenvalue weighted by atomic mass is 15.1. The average Bonchev–Trinajstić information content (AvgIpc) is 2.38. The molecule has 5 unspecified atom stereocenters. The molecule has 0 aromatic carbocycles. The monoisotopic (exact) mass is 239 g/mol. The molecule has 1 rings (SSSR count). The van der Waals surface area contributed by atoms with E-state index in [4.69, 9.17) is 0 Å². The minimum absolute atomic E-state index is 0.288. The highest BCUT2D eigenvalue weighted by Crippen LogP contribution is 2.42. The first-order valence-corrected chi connectivity index (χ1v) is 7.26. The predicted molar refractivity (Wildman–Crippen MR) is 77.1 cm³/mol. The van der Waals surface area contributed by atoms with Crippen LogP contribution >= 0.6 is 0 Å². The van der Waals surface area contributed by atoms with Crippen molar-refractivity contribution in [1.29, 1.82) is 0 Å². The molecular weight excluding hydrogens is 206 g/mol. The molecule has 1 saturated heterocycles. The first kappa shape index (κ1) is 15.0.